The molecule has 0 aliphatic heterocycles. The average molecular weight is 420 g/mol. The Morgan fingerprint density at radius 2 is 2.04 bits per heavy atom. The van der Waals surface area contributed by atoms with Gasteiger partial charge in [0.15, 0.2) is 5.82 Å². The second-order valence-corrected chi connectivity index (χ2v) is 6.90. The number of aromatic nitrogens is 2. The molecule has 0 saturated carbocycles. The van der Waals surface area contributed by atoms with Crippen LogP contribution >= 0.6 is 23.2 Å². The number of hydrogen-bond donors (Lipinski definition) is 2. The van der Waals surface area contributed by atoms with Crippen LogP contribution < -0.4 is 5.32 Å². The third-order valence-electron chi connectivity index (χ3n) is 4.20. The van der Waals surface area contributed by atoms with Crippen LogP contribution in [0.3, 0.4) is 0 Å². The van der Waals surface area contributed by atoms with Gasteiger partial charge in [-0.25, -0.2) is 14.4 Å². The average Bonchev–Trinajstić information content (AvgIpc) is 2.68. The predicted octanol–water partition coefficient (Wildman–Crippen LogP) is 4.36. The summed E-state index contributed by atoms with van der Waals surface area (Å²) in [6.45, 7) is 1.45. The number of amides is 1. The van der Waals surface area contributed by atoms with E-state index in [-0.39, 0.29) is 23.5 Å². The van der Waals surface area contributed by atoms with Crippen molar-refractivity contribution in [3.63, 3.8) is 0 Å². The van der Waals surface area contributed by atoms with Crippen molar-refractivity contribution in [1.82, 2.24) is 15.3 Å². The number of rotatable bonds is 5. The van der Waals surface area contributed by atoms with E-state index in [9.17, 15) is 14.3 Å². The van der Waals surface area contributed by atoms with Gasteiger partial charge in [-0.3, -0.25) is 4.79 Å². The van der Waals surface area contributed by atoms with Crippen LogP contribution in [0.4, 0.5) is 4.39 Å². The van der Waals surface area contributed by atoms with Crippen LogP contribution in [0.2, 0.25) is 10.3 Å². The molecule has 0 saturated heterocycles. The lowest BCUT2D eigenvalue weighted by molar-refractivity contribution is 0.0916. The smallest absolute Gasteiger partial charge is 0.251 e. The quantitative estimate of drug-likeness (QED) is 0.602. The van der Waals surface area contributed by atoms with Gasteiger partial charge in [0.2, 0.25) is 5.28 Å². The van der Waals surface area contributed by atoms with Crippen molar-refractivity contribution in [2.24, 2.45) is 0 Å². The zero-order chi connectivity index (χ0) is 20.3. The molecule has 0 aliphatic rings. The molecule has 2 aromatic carbocycles. The first-order valence-electron chi connectivity index (χ1n) is 8.35. The van der Waals surface area contributed by atoms with Crippen LogP contribution in [0.1, 0.15) is 27.5 Å². The maximum Gasteiger partial charge on any atom is 0.251 e. The first-order chi connectivity index (χ1) is 13.4. The van der Waals surface area contributed by atoms with Gasteiger partial charge in [-0.1, -0.05) is 29.8 Å². The Kier molecular flexibility index (Phi) is 6.24. The highest BCUT2D eigenvalue weighted by atomic mass is 35.5. The predicted molar refractivity (Wildman–Crippen MR) is 106 cm³/mol. The van der Waals surface area contributed by atoms with E-state index in [4.69, 9.17) is 23.2 Å². The minimum absolute atomic E-state index is 0.0649. The van der Waals surface area contributed by atoms with Crippen LogP contribution in [0.15, 0.2) is 48.7 Å². The number of hydrogen-bond acceptors (Lipinski definition) is 4. The summed E-state index contributed by atoms with van der Waals surface area (Å²) in [7, 11) is 0. The number of aryl methyl sites for hydroxylation is 1. The third-order valence-corrected chi connectivity index (χ3v) is 4.61. The largest absolute Gasteiger partial charge is 0.394 e. The van der Waals surface area contributed by atoms with Crippen LogP contribution in [-0.2, 0) is 0 Å². The number of aliphatic hydroxyl groups is 1. The second kappa shape index (κ2) is 8.65. The molecule has 2 N–H and O–H groups in total. The van der Waals surface area contributed by atoms with Gasteiger partial charge >= 0.3 is 0 Å². The lowest BCUT2D eigenvalue weighted by atomic mass is 10.0. The number of benzene rings is 2. The molecule has 3 rings (SSSR count). The van der Waals surface area contributed by atoms with Crippen molar-refractivity contribution in [3.8, 4) is 11.3 Å². The zero-order valence-corrected chi connectivity index (χ0v) is 16.3. The highest BCUT2D eigenvalue weighted by molar-refractivity contribution is 6.30. The van der Waals surface area contributed by atoms with E-state index in [0.717, 1.165) is 6.20 Å². The number of nitrogens with one attached hydrogen (secondary N) is 1. The standard InChI is InChI=1S/C20H16Cl2FN3O2/c1-11-7-13(5-6-15(11)18-16(23)9-24-20(22)26-18)19(28)25-17(10-27)12-3-2-4-14(21)8-12/h2-9,17,27H,10H2,1H3,(H,25,28). The summed E-state index contributed by atoms with van der Waals surface area (Å²) >= 11 is 11.7. The van der Waals surface area contributed by atoms with Crippen LogP contribution in [0, 0.1) is 12.7 Å². The van der Waals surface area contributed by atoms with Crippen molar-refractivity contribution in [2.75, 3.05) is 6.61 Å². The van der Waals surface area contributed by atoms with E-state index in [1.54, 1.807) is 49.4 Å². The van der Waals surface area contributed by atoms with Gasteiger partial charge in [0.05, 0.1) is 18.8 Å². The zero-order valence-electron chi connectivity index (χ0n) is 14.8. The van der Waals surface area contributed by atoms with Gasteiger partial charge < -0.3 is 10.4 Å². The summed E-state index contributed by atoms with van der Waals surface area (Å²) in [6.07, 6.45) is 1.00. The van der Waals surface area contributed by atoms with E-state index in [2.05, 4.69) is 15.3 Å². The van der Waals surface area contributed by atoms with Crippen LogP contribution in [0.5, 0.6) is 0 Å². The lowest BCUT2D eigenvalue weighted by Crippen LogP contribution is -2.30. The Hall–Kier alpha value is -2.54. The molecule has 1 aromatic heterocycles. The monoisotopic (exact) mass is 419 g/mol. The maximum atomic E-state index is 14.0. The molecule has 0 fully saturated rings. The Labute approximate surface area is 171 Å². The van der Waals surface area contributed by atoms with Crippen LogP contribution in [0.25, 0.3) is 11.3 Å². The molecular weight excluding hydrogens is 404 g/mol. The van der Waals surface area contributed by atoms with Gasteiger partial charge in [-0.2, -0.15) is 0 Å². The first kappa shape index (κ1) is 20.2. The molecule has 0 aliphatic carbocycles. The molecule has 0 bridgehead atoms. The van der Waals surface area contributed by atoms with E-state index in [1.165, 1.54) is 0 Å². The van der Waals surface area contributed by atoms with Gasteiger partial charge in [0.25, 0.3) is 5.91 Å². The highest BCUT2D eigenvalue weighted by Gasteiger charge is 2.17. The molecule has 8 heteroatoms. The maximum absolute atomic E-state index is 14.0. The molecule has 5 nitrogen and oxygen atoms in total. The first-order valence-corrected chi connectivity index (χ1v) is 9.11. The van der Waals surface area contributed by atoms with Crippen molar-refractivity contribution in [1.29, 1.82) is 0 Å². The van der Waals surface area contributed by atoms with Gasteiger partial charge in [0.1, 0.15) is 5.69 Å². The fourth-order valence-corrected chi connectivity index (χ4v) is 3.14. The summed E-state index contributed by atoms with van der Waals surface area (Å²) in [5, 5.41) is 12.9. The van der Waals surface area contributed by atoms with Crippen LogP contribution in [-0.4, -0.2) is 27.6 Å². The number of nitrogens with zero attached hydrogens (tertiary/aromatic N) is 2. The highest BCUT2D eigenvalue weighted by Crippen LogP contribution is 2.26. The van der Waals surface area contributed by atoms with Crippen molar-refractivity contribution < 1.29 is 14.3 Å². The SMILES string of the molecule is Cc1cc(C(=O)NC(CO)c2cccc(Cl)c2)ccc1-c1nc(Cl)ncc1F. The molecular formula is C20H16Cl2FN3O2. The molecule has 3 aromatic rings. The summed E-state index contributed by atoms with van der Waals surface area (Å²) in [5.74, 6) is -0.985. The molecule has 1 heterocycles. The molecule has 28 heavy (non-hydrogen) atoms. The number of carbonyl (C=O) groups excluding carboxylic acids is 1. The molecule has 0 radical (unpaired) electrons. The minimum Gasteiger partial charge on any atom is -0.394 e. The molecule has 0 spiro atoms. The van der Waals surface area contributed by atoms with Crippen molar-refractivity contribution in [3.05, 3.63) is 81.5 Å². The number of halogens is 3. The Balaban J connectivity index is 1.85. The topological polar surface area (TPSA) is 75.1 Å². The van der Waals surface area contributed by atoms with Gasteiger partial charge in [-0.15, -0.1) is 0 Å². The lowest BCUT2D eigenvalue weighted by Gasteiger charge is -2.17. The van der Waals surface area contributed by atoms with Gasteiger partial charge in [0, 0.05) is 16.1 Å². The molecule has 1 unspecified atom stereocenters. The molecule has 144 valence electrons. The van der Waals surface area contributed by atoms with Crippen molar-refractivity contribution >= 4 is 29.1 Å². The number of aliphatic hydroxyl groups excluding tert-OH is 1. The number of carbonyl (C=O) groups is 1. The molecule has 1 amide bonds. The third kappa shape index (κ3) is 4.47. The van der Waals surface area contributed by atoms with E-state index in [0.29, 0.717) is 27.3 Å². The fraction of sp³-hybridized carbons (Fsp3) is 0.150. The van der Waals surface area contributed by atoms with Gasteiger partial charge in [-0.05, 0) is 53.9 Å². The Morgan fingerprint density at radius 3 is 2.71 bits per heavy atom. The van der Waals surface area contributed by atoms with E-state index in [1.807, 2.05) is 0 Å². The minimum atomic E-state index is -0.607. The summed E-state index contributed by atoms with van der Waals surface area (Å²) in [5.41, 5.74) is 2.27. The summed E-state index contributed by atoms with van der Waals surface area (Å²) < 4.78 is 14.0. The second-order valence-electron chi connectivity index (χ2n) is 6.13. The Bertz CT molecular complexity index is 1030. The van der Waals surface area contributed by atoms with Crippen molar-refractivity contribution in [2.45, 2.75) is 13.0 Å². The van der Waals surface area contributed by atoms with E-state index >= 15 is 0 Å². The van der Waals surface area contributed by atoms with E-state index < -0.39 is 11.9 Å². The summed E-state index contributed by atoms with van der Waals surface area (Å²) in [6, 6.07) is 11.1. The fourth-order valence-electron chi connectivity index (χ4n) is 2.80. The normalized spacial score (nSPS) is 11.9. The molecule has 1 atom stereocenters. The Morgan fingerprint density at radius 1 is 1.25 bits per heavy atom. The summed E-state index contributed by atoms with van der Waals surface area (Å²) in [4.78, 5) is 20.1.